The van der Waals surface area contributed by atoms with Crippen LogP contribution in [0, 0.1) is 5.92 Å². The second-order valence-electron chi connectivity index (χ2n) is 6.30. The van der Waals surface area contributed by atoms with Gasteiger partial charge < -0.3 is 10.6 Å². The van der Waals surface area contributed by atoms with Crippen molar-refractivity contribution in [2.24, 2.45) is 5.92 Å². The zero-order valence-corrected chi connectivity index (χ0v) is 14.4. The minimum atomic E-state index is -0.197. The fraction of sp³-hybridized carbons (Fsp3) is 0.471. The van der Waals surface area contributed by atoms with Crippen LogP contribution in [-0.2, 0) is 16.1 Å². The molecule has 1 aromatic rings. The van der Waals surface area contributed by atoms with Crippen molar-refractivity contribution < 1.29 is 14.4 Å². The second kappa shape index (κ2) is 7.36. The van der Waals surface area contributed by atoms with Crippen LogP contribution in [0.15, 0.2) is 24.3 Å². The molecule has 0 aliphatic carbocycles. The highest BCUT2D eigenvalue weighted by Crippen LogP contribution is 2.22. The van der Waals surface area contributed by atoms with Crippen LogP contribution in [-0.4, -0.2) is 40.3 Å². The number of imide groups is 1. The normalized spacial score (nSPS) is 24.3. The molecule has 2 aliphatic heterocycles. The van der Waals surface area contributed by atoms with Gasteiger partial charge in [0.25, 0.3) is 5.24 Å². The standard InChI is InChI=1S/C17H21N3O3S/c1-11-8-13(6-7-18-11)16(22)19-14-4-2-12(3-5-14)9-20-15(21)10-24-17(20)23/h2-5,11,13,18H,6-10H2,1H3,(H,19,22)/t11-,13-/m0/s1. The minimum Gasteiger partial charge on any atom is -0.326 e. The predicted molar refractivity (Wildman–Crippen MR) is 93.7 cm³/mol. The molecule has 0 spiro atoms. The van der Waals surface area contributed by atoms with Crippen molar-refractivity contribution in [3.8, 4) is 0 Å². The summed E-state index contributed by atoms with van der Waals surface area (Å²) in [6.07, 6.45) is 1.70. The van der Waals surface area contributed by atoms with Crippen LogP contribution in [0.3, 0.4) is 0 Å². The third-order valence-corrected chi connectivity index (χ3v) is 5.26. The number of amides is 3. The first-order chi connectivity index (χ1) is 11.5. The van der Waals surface area contributed by atoms with Gasteiger partial charge in [-0.05, 0) is 44.0 Å². The summed E-state index contributed by atoms with van der Waals surface area (Å²) in [5, 5.41) is 6.09. The second-order valence-corrected chi connectivity index (χ2v) is 7.22. The van der Waals surface area contributed by atoms with Crippen molar-refractivity contribution in [1.29, 1.82) is 0 Å². The quantitative estimate of drug-likeness (QED) is 0.873. The van der Waals surface area contributed by atoms with E-state index in [0.717, 1.165) is 42.4 Å². The van der Waals surface area contributed by atoms with Gasteiger partial charge >= 0.3 is 0 Å². The van der Waals surface area contributed by atoms with Gasteiger partial charge in [-0.15, -0.1) is 0 Å². The maximum Gasteiger partial charge on any atom is 0.289 e. The molecule has 2 N–H and O–H groups in total. The number of hydrogen-bond donors (Lipinski definition) is 2. The van der Waals surface area contributed by atoms with E-state index in [1.807, 2.05) is 24.3 Å². The summed E-state index contributed by atoms with van der Waals surface area (Å²) < 4.78 is 0. The molecule has 0 unspecified atom stereocenters. The van der Waals surface area contributed by atoms with Gasteiger partial charge in [-0.1, -0.05) is 23.9 Å². The van der Waals surface area contributed by atoms with Crippen molar-refractivity contribution in [1.82, 2.24) is 10.2 Å². The van der Waals surface area contributed by atoms with Gasteiger partial charge in [-0.25, -0.2) is 0 Å². The van der Waals surface area contributed by atoms with E-state index in [1.54, 1.807) is 0 Å². The highest BCUT2D eigenvalue weighted by Gasteiger charge is 2.29. The van der Waals surface area contributed by atoms with Crippen molar-refractivity contribution in [2.75, 3.05) is 17.6 Å². The highest BCUT2D eigenvalue weighted by molar-refractivity contribution is 8.14. The molecule has 2 saturated heterocycles. The first-order valence-corrected chi connectivity index (χ1v) is 9.12. The number of piperidine rings is 1. The molecule has 128 valence electrons. The summed E-state index contributed by atoms with van der Waals surface area (Å²) in [5.74, 6) is 0.166. The third kappa shape index (κ3) is 3.96. The Morgan fingerprint density at radius 2 is 2.08 bits per heavy atom. The van der Waals surface area contributed by atoms with Crippen LogP contribution in [0.4, 0.5) is 10.5 Å². The van der Waals surface area contributed by atoms with E-state index in [-0.39, 0.29) is 35.3 Å². The summed E-state index contributed by atoms with van der Waals surface area (Å²) in [6, 6.07) is 7.67. The molecular formula is C17H21N3O3S. The Morgan fingerprint density at radius 1 is 1.33 bits per heavy atom. The summed E-state index contributed by atoms with van der Waals surface area (Å²) >= 11 is 1.04. The SMILES string of the molecule is C[C@H]1C[C@@H](C(=O)Nc2ccc(CN3C(=O)CSC3=O)cc2)CCN1. The topological polar surface area (TPSA) is 78.5 Å². The average Bonchev–Trinajstić information content (AvgIpc) is 2.88. The number of carbonyl (C=O) groups excluding carboxylic acids is 3. The number of thioether (sulfide) groups is 1. The lowest BCUT2D eigenvalue weighted by Gasteiger charge is -2.27. The highest BCUT2D eigenvalue weighted by atomic mass is 32.2. The molecule has 0 saturated carbocycles. The summed E-state index contributed by atoms with van der Waals surface area (Å²) in [6.45, 7) is 3.24. The molecule has 3 amide bonds. The average molecular weight is 347 g/mol. The first kappa shape index (κ1) is 17.0. The number of rotatable bonds is 4. The number of hydrogen-bond acceptors (Lipinski definition) is 5. The number of carbonyl (C=O) groups is 3. The maximum atomic E-state index is 12.3. The summed E-state index contributed by atoms with van der Waals surface area (Å²) in [7, 11) is 0. The lowest BCUT2D eigenvalue weighted by molar-refractivity contribution is -0.125. The van der Waals surface area contributed by atoms with E-state index in [4.69, 9.17) is 0 Å². The molecular weight excluding hydrogens is 326 g/mol. The summed E-state index contributed by atoms with van der Waals surface area (Å²) in [4.78, 5) is 36.8. The molecule has 0 aromatic heterocycles. The number of benzene rings is 1. The molecule has 7 heteroatoms. The molecule has 0 radical (unpaired) electrons. The molecule has 2 atom stereocenters. The van der Waals surface area contributed by atoms with E-state index >= 15 is 0 Å². The van der Waals surface area contributed by atoms with E-state index in [2.05, 4.69) is 17.6 Å². The zero-order valence-electron chi connectivity index (χ0n) is 13.6. The van der Waals surface area contributed by atoms with Crippen molar-refractivity contribution in [3.05, 3.63) is 29.8 Å². The molecule has 2 heterocycles. The Hall–Kier alpha value is -1.86. The van der Waals surface area contributed by atoms with Gasteiger partial charge in [-0.3, -0.25) is 19.3 Å². The monoisotopic (exact) mass is 347 g/mol. The predicted octanol–water partition coefficient (Wildman–Crippen LogP) is 2.21. The van der Waals surface area contributed by atoms with Crippen molar-refractivity contribution in [3.63, 3.8) is 0 Å². The fourth-order valence-electron chi connectivity index (χ4n) is 3.02. The van der Waals surface area contributed by atoms with Crippen LogP contribution in [0.2, 0.25) is 0 Å². The Labute approximate surface area is 145 Å². The molecule has 24 heavy (non-hydrogen) atoms. The van der Waals surface area contributed by atoms with Crippen LogP contribution in [0.5, 0.6) is 0 Å². The molecule has 6 nitrogen and oxygen atoms in total. The molecule has 3 rings (SSSR count). The van der Waals surface area contributed by atoms with E-state index in [1.165, 1.54) is 4.90 Å². The maximum absolute atomic E-state index is 12.3. The van der Waals surface area contributed by atoms with Crippen LogP contribution in [0.25, 0.3) is 0 Å². The van der Waals surface area contributed by atoms with Crippen LogP contribution < -0.4 is 10.6 Å². The van der Waals surface area contributed by atoms with Crippen molar-refractivity contribution in [2.45, 2.75) is 32.4 Å². The largest absolute Gasteiger partial charge is 0.326 e. The van der Waals surface area contributed by atoms with Gasteiger partial charge in [0.15, 0.2) is 0 Å². The van der Waals surface area contributed by atoms with Gasteiger partial charge in [0.2, 0.25) is 11.8 Å². The molecule has 2 aliphatic rings. The lowest BCUT2D eigenvalue weighted by atomic mass is 9.92. The number of nitrogens with zero attached hydrogens (tertiary/aromatic N) is 1. The first-order valence-electron chi connectivity index (χ1n) is 8.13. The van der Waals surface area contributed by atoms with Gasteiger partial charge in [0.1, 0.15) is 0 Å². The van der Waals surface area contributed by atoms with Gasteiger partial charge in [0.05, 0.1) is 12.3 Å². The van der Waals surface area contributed by atoms with Crippen LogP contribution >= 0.6 is 11.8 Å². The number of anilines is 1. The fourth-order valence-corrected chi connectivity index (χ4v) is 3.75. The van der Waals surface area contributed by atoms with E-state index in [9.17, 15) is 14.4 Å². The van der Waals surface area contributed by atoms with Crippen LogP contribution in [0.1, 0.15) is 25.3 Å². The third-order valence-electron chi connectivity index (χ3n) is 4.40. The van der Waals surface area contributed by atoms with E-state index < -0.39 is 0 Å². The summed E-state index contributed by atoms with van der Waals surface area (Å²) in [5.41, 5.74) is 1.61. The molecule has 1 aromatic carbocycles. The molecule has 0 bridgehead atoms. The zero-order chi connectivity index (χ0) is 17.1. The smallest absolute Gasteiger partial charge is 0.289 e. The number of nitrogens with one attached hydrogen (secondary N) is 2. The minimum absolute atomic E-state index is 0.0396. The lowest BCUT2D eigenvalue weighted by Crippen LogP contribution is -2.40. The van der Waals surface area contributed by atoms with Gasteiger partial charge in [-0.2, -0.15) is 0 Å². The Balaban J connectivity index is 1.57. The Kier molecular flexibility index (Phi) is 5.20. The van der Waals surface area contributed by atoms with E-state index in [0.29, 0.717) is 6.04 Å². The molecule has 2 fully saturated rings. The Morgan fingerprint density at radius 3 is 2.71 bits per heavy atom. The Bertz CT molecular complexity index is 631. The van der Waals surface area contributed by atoms with Gasteiger partial charge in [0, 0.05) is 17.6 Å². The van der Waals surface area contributed by atoms with Crippen molar-refractivity contribution >= 4 is 34.5 Å².